The van der Waals surface area contributed by atoms with Crippen LogP contribution in [0.4, 0.5) is 5.82 Å². The van der Waals surface area contributed by atoms with Gasteiger partial charge in [0.1, 0.15) is 5.69 Å². The first-order valence-corrected chi connectivity index (χ1v) is 11.8. The molecular formula is C31H25N3O2. The van der Waals surface area contributed by atoms with Gasteiger partial charge >= 0.3 is 0 Å². The number of fused-ring (bicyclic) bond motifs is 1. The number of amides is 1. The molecule has 0 spiro atoms. The van der Waals surface area contributed by atoms with Gasteiger partial charge in [0, 0.05) is 5.56 Å². The third-order valence-corrected chi connectivity index (χ3v) is 5.90. The highest BCUT2D eigenvalue weighted by Gasteiger charge is 2.12. The SMILES string of the molecule is O=C(Cc1ccc2ccccc2c1)Nc1ncc(-c2ccc(CO)cc2)nc1/C=C/c1ccccc1. The van der Waals surface area contributed by atoms with Crippen LogP contribution in [-0.2, 0) is 17.8 Å². The Morgan fingerprint density at radius 1 is 0.806 bits per heavy atom. The second-order valence-electron chi connectivity index (χ2n) is 8.49. The molecule has 0 aliphatic carbocycles. The second kappa shape index (κ2) is 10.8. The zero-order valence-electron chi connectivity index (χ0n) is 19.6. The smallest absolute Gasteiger partial charge is 0.230 e. The summed E-state index contributed by atoms with van der Waals surface area (Å²) in [6, 6.07) is 31.6. The lowest BCUT2D eigenvalue weighted by Crippen LogP contribution is -2.16. The molecule has 0 aliphatic rings. The predicted octanol–water partition coefficient (Wildman–Crippen LogP) is 6.14. The summed E-state index contributed by atoms with van der Waals surface area (Å²) in [5.41, 5.74) is 4.90. The van der Waals surface area contributed by atoms with Crippen molar-refractivity contribution < 1.29 is 9.90 Å². The number of aliphatic hydroxyl groups is 1. The van der Waals surface area contributed by atoms with Crippen LogP contribution in [0.3, 0.4) is 0 Å². The predicted molar refractivity (Wildman–Crippen MR) is 145 cm³/mol. The summed E-state index contributed by atoms with van der Waals surface area (Å²) < 4.78 is 0. The fourth-order valence-electron chi connectivity index (χ4n) is 3.99. The number of aromatic nitrogens is 2. The van der Waals surface area contributed by atoms with Crippen molar-refractivity contribution >= 4 is 34.6 Å². The summed E-state index contributed by atoms with van der Waals surface area (Å²) in [6.45, 7) is -0.0147. The van der Waals surface area contributed by atoms with Gasteiger partial charge in [0.15, 0.2) is 5.82 Å². The van der Waals surface area contributed by atoms with E-state index >= 15 is 0 Å². The van der Waals surface area contributed by atoms with Crippen molar-refractivity contribution in [1.29, 1.82) is 0 Å². The molecule has 0 aliphatic heterocycles. The lowest BCUT2D eigenvalue weighted by molar-refractivity contribution is -0.115. The summed E-state index contributed by atoms with van der Waals surface area (Å²) >= 11 is 0. The first-order valence-electron chi connectivity index (χ1n) is 11.8. The van der Waals surface area contributed by atoms with Crippen LogP contribution in [0.5, 0.6) is 0 Å². The van der Waals surface area contributed by atoms with Gasteiger partial charge < -0.3 is 10.4 Å². The summed E-state index contributed by atoms with van der Waals surface area (Å²) in [5, 5.41) is 14.5. The number of nitrogens with zero attached hydrogens (tertiary/aromatic N) is 2. The maximum Gasteiger partial charge on any atom is 0.230 e. The normalized spacial score (nSPS) is 11.1. The Hall–Kier alpha value is -4.61. The van der Waals surface area contributed by atoms with Crippen LogP contribution in [0.1, 0.15) is 22.4 Å². The van der Waals surface area contributed by atoms with Crippen molar-refractivity contribution in [1.82, 2.24) is 9.97 Å². The molecule has 0 saturated heterocycles. The van der Waals surface area contributed by atoms with Gasteiger partial charge in [-0.15, -0.1) is 0 Å². The molecule has 0 unspecified atom stereocenters. The third-order valence-electron chi connectivity index (χ3n) is 5.90. The van der Waals surface area contributed by atoms with Crippen LogP contribution in [0.25, 0.3) is 34.2 Å². The summed E-state index contributed by atoms with van der Waals surface area (Å²) in [6.07, 6.45) is 5.69. The molecule has 1 amide bonds. The van der Waals surface area contributed by atoms with E-state index in [1.165, 1.54) is 0 Å². The Morgan fingerprint density at radius 3 is 2.31 bits per heavy atom. The van der Waals surface area contributed by atoms with E-state index in [0.29, 0.717) is 17.2 Å². The van der Waals surface area contributed by atoms with Crippen LogP contribution in [-0.4, -0.2) is 21.0 Å². The van der Waals surface area contributed by atoms with Crippen LogP contribution in [0.15, 0.2) is 103 Å². The van der Waals surface area contributed by atoms with E-state index in [1.54, 1.807) is 6.20 Å². The first kappa shape index (κ1) is 23.1. The van der Waals surface area contributed by atoms with E-state index in [-0.39, 0.29) is 18.9 Å². The van der Waals surface area contributed by atoms with E-state index in [2.05, 4.69) is 16.4 Å². The molecule has 0 atom stereocenters. The first-order chi connectivity index (χ1) is 17.7. The van der Waals surface area contributed by atoms with Gasteiger partial charge in [-0.1, -0.05) is 103 Å². The highest BCUT2D eigenvalue weighted by Crippen LogP contribution is 2.23. The monoisotopic (exact) mass is 471 g/mol. The molecule has 176 valence electrons. The lowest BCUT2D eigenvalue weighted by Gasteiger charge is -2.10. The Morgan fingerprint density at radius 2 is 1.53 bits per heavy atom. The number of aliphatic hydroxyl groups excluding tert-OH is 1. The molecule has 0 fully saturated rings. The van der Waals surface area contributed by atoms with Crippen LogP contribution >= 0.6 is 0 Å². The molecule has 5 aromatic rings. The average molecular weight is 472 g/mol. The maximum absolute atomic E-state index is 12.9. The third kappa shape index (κ3) is 5.54. The van der Waals surface area contributed by atoms with Gasteiger partial charge in [-0.25, -0.2) is 9.97 Å². The Labute approximate surface area is 209 Å². The number of rotatable bonds is 7. The molecule has 2 N–H and O–H groups in total. The topological polar surface area (TPSA) is 75.1 Å². The van der Waals surface area contributed by atoms with Gasteiger partial charge in [0.2, 0.25) is 5.91 Å². The molecule has 4 aromatic carbocycles. The number of nitrogens with one attached hydrogen (secondary N) is 1. The second-order valence-corrected chi connectivity index (χ2v) is 8.49. The Kier molecular flexibility index (Phi) is 6.92. The molecule has 0 bridgehead atoms. The lowest BCUT2D eigenvalue weighted by atomic mass is 10.0. The number of hydrogen-bond donors (Lipinski definition) is 2. The summed E-state index contributed by atoms with van der Waals surface area (Å²) in [5.74, 6) is 0.248. The molecule has 5 nitrogen and oxygen atoms in total. The summed E-state index contributed by atoms with van der Waals surface area (Å²) in [7, 11) is 0. The number of anilines is 1. The Balaban J connectivity index is 1.42. The molecule has 1 heterocycles. The molecule has 1 aromatic heterocycles. The minimum Gasteiger partial charge on any atom is -0.392 e. The maximum atomic E-state index is 12.9. The van der Waals surface area contributed by atoms with Crippen LogP contribution in [0.2, 0.25) is 0 Å². The quantitative estimate of drug-likeness (QED) is 0.299. The minimum atomic E-state index is -0.158. The largest absolute Gasteiger partial charge is 0.392 e. The van der Waals surface area contributed by atoms with Crippen molar-refractivity contribution in [3.8, 4) is 11.3 Å². The number of benzene rings is 4. The van der Waals surface area contributed by atoms with E-state index in [4.69, 9.17) is 4.98 Å². The average Bonchev–Trinajstić information content (AvgIpc) is 2.93. The molecule has 5 rings (SSSR count). The molecular weight excluding hydrogens is 446 g/mol. The van der Waals surface area contributed by atoms with Crippen molar-refractivity contribution in [2.45, 2.75) is 13.0 Å². The van der Waals surface area contributed by atoms with E-state index in [9.17, 15) is 9.90 Å². The van der Waals surface area contributed by atoms with Gasteiger partial charge in [0.05, 0.1) is 24.9 Å². The zero-order chi connectivity index (χ0) is 24.7. The van der Waals surface area contributed by atoms with Crippen molar-refractivity contribution in [3.05, 3.63) is 126 Å². The Bertz CT molecular complexity index is 1530. The van der Waals surface area contributed by atoms with Crippen molar-refractivity contribution in [2.75, 3.05) is 5.32 Å². The highest BCUT2D eigenvalue weighted by molar-refractivity contribution is 5.94. The fraction of sp³-hybridized carbons (Fsp3) is 0.0645. The molecule has 0 radical (unpaired) electrons. The summed E-state index contributed by atoms with van der Waals surface area (Å²) in [4.78, 5) is 22.3. The molecule has 36 heavy (non-hydrogen) atoms. The van der Waals surface area contributed by atoms with E-state index in [0.717, 1.165) is 33.0 Å². The zero-order valence-corrected chi connectivity index (χ0v) is 19.6. The standard InChI is InChI=1S/C31H25N3O2/c35-21-23-10-15-26(16-11-23)29-20-32-31(28(33-29)17-13-22-6-2-1-3-7-22)34-30(36)19-24-12-14-25-8-4-5-9-27(25)18-24/h1-18,20,35H,19,21H2,(H,32,34,36)/b17-13+. The molecule has 5 heteroatoms. The minimum absolute atomic E-state index is 0.0147. The number of carbonyl (C=O) groups excluding carboxylic acids is 1. The number of hydrogen-bond acceptors (Lipinski definition) is 4. The van der Waals surface area contributed by atoms with Crippen molar-refractivity contribution in [3.63, 3.8) is 0 Å². The fourth-order valence-corrected chi connectivity index (χ4v) is 3.99. The van der Waals surface area contributed by atoms with Crippen LogP contribution < -0.4 is 5.32 Å². The van der Waals surface area contributed by atoms with E-state index in [1.807, 2.05) is 103 Å². The van der Waals surface area contributed by atoms with Gasteiger partial charge in [-0.2, -0.15) is 0 Å². The van der Waals surface area contributed by atoms with E-state index < -0.39 is 0 Å². The van der Waals surface area contributed by atoms with Crippen molar-refractivity contribution in [2.24, 2.45) is 0 Å². The van der Waals surface area contributed by atoms with Crippen LogP contribution in [0, 0.1) is 0 Å². The van der Waals surface area contributed by atoms with Gasteiger partial charge in [-0.3, -0.25) is 4.79 Å². The number of carbonyl (C=O) groups is 1. The van der Waals surface area contributed by atoms with Gasteiger partial charge in [-0.05, 0) is 33.5 Å². The highest BCUT2D eigenvalue weighted by atomic mass is 16.3. The molecule has 0 saturated carbocycles. The van der Waals surface area contributed by atoms with Gasteiger partial charge in [0.25, 0.3) is 0 Å².